The second kappa shape index (κ2) is 27.7. The number of rotatable bonds is 20. The fourth-order valence-corrected chi connectivity index (χ4v) is 17.3. The van der Waals surface area contributed by atoms with Gasteiger partial charge in [-0.05, 0) is 104 Å². The monoisotopic (exact) mass is 1260 g/mol. The Morgan fingerprint density at radius 2 is 0.977 bits per heavy atom. The summed E-state index contributed by atoms with van der Waals surface area (Å²) in [7, 11) is 1.71. The Morgan fingerprint density at radius 3 is 1.57 bits per heavy atom. The van der Waals surface area contributed by atoms with Gasteiger partial charge in [-0.1, -0.05) is 27.7 Å². The van der Waals surface area contributed by atoms with Crippen molar-refractivity contribution in [3.05, 3.63) is 0 Å². The molecule has 504 valence electrons. The van der Waals surface area contributed by atoms with E-state index in [1.165, 1.54) is 0 Å². The summed E-state index contributed by atoms with van der Waals surface area (Å²) >= 11 is 0. The van der Waals surface area contributed by atoms with Crippen molar-refractivity contribution in [2.75, 3.05) is 46.8 Å². The molecule has 0 spiro atoms. The minimum Gasteiger partial charge on any atom is -0.394 e. The zero-order valence-corrected chi connectivity index (χ0v) is 49.9. The number of aliphatic hydroxyl groups excluding tert-OH is 17. The van der Waals surface area contributed by atoms with Gasteiger partial charge in [0.25, 0.3) is 0 Å². The van der Waals surface area contributed by atoms with Crippen LogP contribution in [0.2, 0.25) is 0 Å². The van der Waals surface area contributed by atoms with Crippen molar-refractivity contribution in [3.8, 4) is 0 Å². The van der Waals surface area contributed by atoms with Crippen molar-refractivity contribution in [2.45, 2.75) is 263 Å². The summed E-state index contributed by atoms with van der Waals surface area (Å²) in [5.74, 6) is 1.18. The number of methoxy groups -OCH3 is 1. The summed E-state index contributed by atoms with van der Waals surface area (Å²) in [4.78, 5) is 0. The lowest BCUT2D eigenvalue weighted by Crippen LogP contribution is -2.67. The summed E-state index contributed by atoms with van der Waals surface area (Å²) in [6, 6.07) is 0. The molecule has 37 atom stereocenters. The lowest BCUT2D eigenvalue weighted by Gasteiger charge is -2.61. The first-order valence-corrected chi connectivity index (χ1v) is 31.3. The molecule has 6 aliphatic heterocycles. The fraction of sp³-hybridized carbons (Fsp3) is 1.00. The van der Waals surface area contributed by atoms with E-state index in [1.54, 1.807) is 7.11 Å². The van der Waals surface area contributed by atoms with Crippen molar-refractivity contribution in [3.63, 3.8) is 0 Å². The Balaban J connectivity index is 0.757. The molecule has 0 unspecified atom stereocenters. The fourth-order valence-electron chi connectivity index (χ4n) is 17.3. The maximum Gasteiger partial charge on any atom is 0.187 e. The molecule has 17 N–H and O–H groups in total. The van der Waals surface area contributed by atoms with Crippen LogP contribution in [0.3, 0.4) is 0 Å². The molecule has 10 aliphatic rings. The number of ether oxygens (including phenoxy) is 12. The van der Waals surface area contributed by atoms with Crippen LogP contribution in [0.15, 0.2) is 0 Å². The summed E-state index contributed by atoms with van der Waals surface area (Å²) in [6.07, 6.45) is -34.1. The van der Waals surface area contributed by atoms with Gasteiger partial charge in [0.05, 0.1) is 51.8 Å². The Morgan fingerprint density at radius 1 is 0.483 bits per heavy atom. The van der Waals surface area contributed by atoms with Crippen LogP contribution >= 0.6 is 0 Å². The molecular weight excluding hydrogens is 1160 g/mol. The van der Waals surface area contributed by atoms with Crippen molar-refractivity contribution >= 4 is 0 Å². The van der Waals surface area contributed by atoms with E-state index in [1.807, 2.05) is 6.92 Å². The highest BCUT2D eigenvalue weighted by Crippen LogP contribution is 2.71. The first-order chi connectivity index (χ1) is 41.3. The van der Waals surface area contributed by atoms with Crippen LogP contribution in [-0.4, -0.2) is 305 Å². The molecule has 0 aromatic rings. The van der Waals surface area contributed by atoms with Crippen LogP contribution in [0.1, 0.15) is 91.9 Å². The highest BCUT2D eigenvalue weighted by molar-refractivity contribution is 5.15. The van der Waals surface area contributed by atoms with E-state index < -0.39 is 198 Å². The van der Waals surface area contributed by atoms with Gasteiger partial charge in [0, 0.05) is 19.4 Å². The molecule has 0 aromatic heterocycles. The number of hydrogen-bond acceptors (Lipinski definition) is 29. The average Bonchev–Trinajstić information content (AvgIpc) is 1.58. The van der Waals surface area contributed by atoms with Crippen LogP contribution < -0.4 is 0 Å². The predicted molar refractivity (Wildman–Crippen MR) is 289 cm³/mol. The molecule has 0 amide bonds. The first-order valence-electron chi connectivity index (χ1n) is 31.3. The quantitative estimate of drug-likeness (QED) is 0.0506. The second-order valence-electron chi connectivity index (χ2n) is 27.3. The van der Waals surface area contributed by atoms with Gasteiger partial charge in [0.2, 0.25) is 0 Å². The maximum atomic E-state index is 11.9. The summed E-state index contributed by atoms with van der Waals surface area (Å²) < 4.78 is 72.2. The lowest BCUT2D eigenvalue weighted by atomic mass is 9.44. The molecule has 0 aromatic carbocycles. The predicted octanol–water partition coefficient (Wildman–Crippen LogP) is -5.48. The normalized spacial score (nSPS) is 54.8. The first kappa shape index (κ1) is 68.7. The topological polar surface area (TPSA) is 455 Å². The molecule has 6 saturated heterocycles. The summed E-state index contributed by atoms with van der Waals surface area (Å²) in [6.45, 7) is 5.60. The average molecular weight is 1260 g/mol. The summed E-state index contributed by atoms with van der Waals surface area (Å²) in [5, 5.41) is 181. The highest BCUT2D eigenvalue weighted by atomic mass is 16.8. The van der Waals surface area contributed by atoms with Crippen molar-refractivity contribution in [1.29, 1.82) is 0 Å². The van der Waals surface area contributed by atoms with Gasteiger partial charge >= 0.3 is 0 Å². The SMILES string of the molecule is CO[C@@]1(CC[C@H](C)CO[C@@H]2O[C@H](CO)[C@@H](O)[C@H](O)[C@H]2O)O[C@H]2C[C@@H]3[C@@H]4CC[C@@H]5C[C@H](O[C@@H]6O[C@H](CO)[C@@H](O[C@@H]7O[C@H](CO[C@H]8O[C@@H](CO)[C@@H](O)[C@@H](O)[C@@H]8O)[C@@H](O)[C@H](O)[C@H]7O[C@@H]7O[C@@H](CO)[C@@H](O)[C@@H](O)[C@@H]7O)[C@H](O)[C@H]6O)CC[C@]5(C)[C@H]4CC[C@]3(C)[C@H]2[C@@H]1C. The Bertz CT molecular complexity index is 2200. The summed E-state index contributed by atoms with van der Waals surface area (Å²) in [5.41, 5.74) is 0.00339. The van der Waals surface area contributed by atoms with E-state index in [0.29, 0.717) is 43.4 Å². The van der Waals surface area contributed by atoms with E-state index in [9.17, 15) is 86.8 Å². The van der Waals surface area contributed by atoms with Gasteiger partial charge in [-0.25, -0.2) is 0 Å². The molecule has 10 rings (SSSR count). The molecule has 0 radical (unpaired) electrons. The minimum absolute atomic E-state index is 0.0126. The standard InChI is InChI=1S/C58H98O29/c1-22(20-77-51-45(72)40(67)36(63)30(16-59)80-51)8-13-58(76-5)23(2)35-29(87-58)15-28-26-7-6-24-14-25(9-11-56(24,3)27(26)10-12-57(28,35)4)79-53-48(75)44(71)49(33(19-62)83-53)85-55-50(86-54-47(74)42(69)38(65)32(18-61)82-54)43(70)39(66)34(84-55)21-78-52-46(73)41(68)37(64)31(17-60)81-52/h22-55,59-75H,6-21H2,1-5H3/t22-,23-,24+,25+,26+,27-,28+,29-,30+,31-,32-,33+,34+,35-,36+,37+,38+,39+,40-,41+,42+,43-,44+,45+,46-,47-,48+,49+,50+,51+,52-,53+,54-,55-,56-,57-,58-/m0/s1. The smallest absolute Gasteiger partial charge is 0.187 e. The van der Waals surface area contributed by atoms with Gasteiger partial charge < -0.3 is 144 Å². The molecule has 4 aliphatic carbocycles. The van der Waals surface area contributed by atoms with Crippen LogP contribution in [0.5, 0.6) is 0 Å². The maximum absolute atomic E-state index is 11.9. The zero-order valence-electron chi connectivity index (χ0n) is 49.9. The molecule has 29 nitrogen and oxygen atoms in total. The van der Waals surface area contributed by atoms with E-state index in [2.05, 4.69) is 20.8 Å². The van der Waals surface area contributed by atoms with Crippen molar-refractivity contribution in [1.82, 2.24) is 0 Å². The van der Waals surface area contributed by atoms with E-state index in [0.717, 1.165) is 38.5 Å². The molecule has 29 heteroatoms. The van der Waals surface area contributed by atoms with E-state index in [4.69, 9.17) is 56.8 Å². The zero-order chi connectivity index (χ0) is 62.9. The number of hydrogen-bond donors (Lipinski definition) is 17. The largest absolute Gasteiger partial charge is 0.394 e. The number of fused-ring (bicyclic) bond motifs is 7. The van der Waals surface area contributed by atoms with Crippen LogP contribution in [-0.2, 0) is 56.8 Å². The molecule has 0 bridgehead atoms. The molecule has 87 heavy (non-hydrogen) atoms. The van der Waals surface area contributed by atoms with Gasteiger partial charge in [0.15, 0.2) is 37.2 Å². The molecule has 10 fully saturated rings. The van der Waals surface area contributed by atoms with E-state index >= 15 is 0 Å². The second-order valence-corrected chi connectivity index (χ2v) is 27.3. The van der Waals surface area contributed by atoms with Crippen molar-refractivity contribution < 1.29 is 144 Å². The Labute approximate surface area is 504 Å². The van der Waals surface area contributed by atoms with Crippen LogP contribution in [0.25, 0.3) is 0 Å². The van der Waals surface area contributed by atoms with E-state index in [-0.39, 0.29) is 47.2 Å². The van der Waals surface area contributed by atoms with Crippen LogP contribution in [0, 0.1) is 52.3 Å². The Kier molecular flexibility index (Phi) is 21.8. The lowest BCUT2D eigenvalue weighted by molar-refractivity contribution is -0.393. The van der Waals surface area contributed by atoms with Crippen molar-refractivity contribution in [2.24, 2.45) is 52.3 Å². The molecule has 4 saturated carbocycles. The third-order valence-electron chi connectivity index (χ3n) is 22.5. The van der Waals surface area contributed by atoms with Gasteiger partial charge in [-0.3, -0.25) is 0 Å². The number of aliphatic hydroxyl groups is 17. The van der Waals surface area contributed by atoms with Gasteiger partial charge in [0.1, 0.15) is 122 Å². The highest BCUT2D eigenvalue weighted by Gasteiger charge is 2.69. The Hall–Kier alpha value is -1.16. The molecular formula is C58H98O29. The third-order valence-corrected chi connectivity index (χ3v) is 22.5. The minimum atomic E-state index is -2.06. The molecule has 6 heterocycles. The van der Waals surface area contributed by atoms with Gasteiger partial charge in [-0.2, -0.15) is 0 Å². The van der Waals surface area contributed by atoms with Gasteiger partial charge in [-0.15, -0.1) is 0 Å². The third kappa shape index (κ3) is 12.7. The van der Waals surface area contributed by atoms with Crippen LogP contribution in [0.4, 0.5) is 0 Å².